The van der Waals surface area contributed by atoms with Crippen LogP contribution in [-0.2, 0) is 16.5 Å². The van der Waals surface area contributed by atoms with Gasteiger partial charge in [-0.15, -0.1) is 0 Å². The quantitative estimate of drug-likeness (QED) is 0.223. The van der Waals surface area contributed by atoms with Gasteiger partial charge in [0, 0.05) is 0 Å². The summed E-state index contributed by atoms with van der Waals surface area (Å²) in [5.41, 5.74) is 0.797. The highest BCUT2D eigenvalue weighted by atomic mass is 35.5. The molecule has 0 amide bonds. The van der Waals surface area contributed by atoms with Crippen LogP contribution in [0.2, 0.25) is 5.02 Å². The van der Waals surface area contributed by atoms with Gasteiger partial charge >= 0.3 is 0 Å². The zero-order chi connectivity index (χ0) is 20.0. The number of halogens is 1. The summed E-state index contributed by atoms with van der Waals surface area (Å²) in [4.78, 5) is -0.188. The molecule has 1 aromatic rings. The molecule has 0 heterocycles. The largest absolute Gasteiger partial charge is 0.296 e. The molecule has 156 valence electrons. The monoisotopic (exact) mass is 416 g/mol. The first kappa shape index (κ1) is 24.5. The second-order valence-electron chi connectivity index (χ2n) is 7.55. The van der Waals surface area contributed by atoms with Crippen LogP contribution in [0.5, 0.6) is 0 Å². The fourth-order valence-electron chi connectivity index (χ4n) is 3.46. The maximum absolute atomic E-state index is 11.3. The van der Waals surface area contributed by atoms with E-state index in [4.69, 9.17) is 11.6 Å². The molecule has 0 aliphatic carbocycles. The molecule has 0 aromatic heterocycles. The van der Waals surface area contributed by atoms with E-state index in [1.165, 1.54) is 83.1 Å². The van der Waals surface area contributed by atoms with Gasteiger partial charge in [-0.1, -0.05) is 114 Å². The Morgan fingerprint density at radius 3 is 1.67 bits per heavy atom. The fraction of sp³-hybridized carbons (Fsp3) is 0.727. The Hall–Kier alpha value is -0.580. The maximum atomic E-state index is 11.3. The minimum atomic E-state index is -4.25. The Kier molecular flexibility index (Phi) is 13.1. The SMILES string of the molecule is CCCCCCCCCCCCCCCCc1cccc(S(=O)(=O)O)c1Cl. The molecule has 0 aliphatic rings. The van der Waals surface area contributed by atoms with E-state index in [1.807, 2.05) is 6.07 Å². The summed E-state index contributed by atoms with van der Waals surface area (Å²) in [5.74, 6) is 0. The molecule has 0 fully saturated rings. The molecule has 0 spiro atoms. The Bertz CT molecular complexity index is 614. The van der Waals surface area contributed by atoms with Gasteiger partial charge in [-0.05, 0) is 24.5 Å². The predicted molar refractivity (Wildman–Crippen MR) is 115 cm³/mol. The van der Waals surface area contributed by atoms with Crippen LogP contribution in [0.15, 0.2) is 23.1 Å². The van der Waals surface area contributed by atoms with Crippen LogP contribution in [0, 0.1) is 0 Å². The second-order valence-corrected chi connectivity index (χ2v) is 9.32. The van der Waals surface area contributed by atoms with Crippen molar-refractivity contribution in [2.45, 2.75) is 108 Å². The van der Waals surface area contributed by atoms with Gasteiger partial charge < -0.3 is 0 Å². The van der Waals surface area contributed by atoms with Gasteiger partial charge in [0.05, 0.1) is 5.02 Å². The van der Waals surface area contributed by atoms with E-state index in [-0.39, 0.29) is 9.92 Å². The molecule has 5 heteroatoms. The first-order valence-corrected chi connectivity index (χ1v) is 12.5. The van der Waals surface area contributed by atoms with Gasteiger partial charge in [0.25, 0.3) is 10.1 Å². The van der Waals surface area contributed by atoms with Crippen LogP contribution in [-0.4, -0.2) is 13.0 Å². The van der Waals surface area contributed by atoms with Crippen molar-refractivity contribution in [3.05, 3.63) is 28.8 Å². The zero-order valence-corrected chi connectivity index (χ0v) is 18.5. The lowest BCUT2D eigenvalue weighted by molar-refractivity contribution is 0.483. The molecule has 0 saturated heterocycles. The highest BCUT2D eigenvalue weighted by Gasteiger charge is 2.16. The topological polar surface area (TPSA) is 54.4 Å². The van der Waals surface area contributed by atoms with Crippen LogP contribution in [0.25, 0.3) is 0 Å². The van der Waals surface area contributed by atoms with E-state index >= 15 is 0 Å². The highest BCUT2D eigenvalue weighted by Crippen LogP contribution is 2.26. The van der Waals surface area contributed by atoms with E-state index in [0.29, 0.717) is 0 Å². The van der Waals surface area contributed by atoms with Gasteiger partial charge in [0.1, 0.15) is 4.90 Å². The summed E-state index contributed by atoms with van der Waals surface area (Å²) in [6.45, 7) is 2.26. The summed E-state index contributed by atoms with van der Waals surface area (Å²) in [7, 11) is -4.25. The van der Waals surface area contributed by atoms with Crippen molar-refractivity contribution in [1.82, 2.24) is 0 Å². The van der Waals surface area contributed by atoms with Crippen LogP contribution >= 0.6 is 11.6 Å². The van der Waals surface area contributed by atoms with Gasteiger partial charge in [0.2, 0.25) is 0 Å². The molecule has 3 nitrogen and oxygen atoms in total. The normalized spacial score (nSPS) is 11.8. The first-order valence-electron chi connectivity index (χ1n) is 10.7. The average molecular weight is 417 g/mol. The summed E-state index contributed by atoms with van der Waals surface area (Å²) in [6, 6.07) is 4.81. The van der Waals surface area contributed by atoms with Gasteiger partial charge in [-0.25, -0.2) is 0 Å². The summed E-state index contributed by atoms with van der Waals surface area (Å²) in [5, 5.41) is 0.162. The molecule has 0 unspecified atom stereocenters. The Balaban J connectivity index is 2.02. The third kappa shape index (κ3) is 11.1. The molecule has 0 saturated carbocycles. The molecule has 1 aromatic carbocycles. The minimum Gasteiger partial charge on any atom is -0.282 e. The number of benzene rings is 1. The molecule has 0 bridgehead atoms. The van der Waals surface area contributed by atoms with E-state index in [2.05, 4.69) is 6.92 Å². The Labute approximate surface area is 171 Å². The number of hydrogen-bond acceptors (Lipinski definition) is 2. The molecular weight excluding hydrogens is 380 g/mol. The molecule has 0 aliphatic heterocycles. The molecule has 27 heavy (non-hydrogen) atoms. The van der Waals surface area contributed by atoms with Gasteiger partial charge in [-0.3, -0.25) is 4.55 Å². The van der Waals surface area contributed by atoms with Crippen LogP contribution < -0.4 is 0 Å². The van der Waals surface area contributed by atoms with Crippen molar-refractivity contribution in [3.8, 4) is 0 Å². The van der Waals surface area contributed by atoms with Crippen molar-refractivity contribution < 1.29 is 13.0 Å². The summed E-state index contributed by atoms with van der Waals surface area (Å²) in [6.07, 6.45) is 19.1. The summed E-state index contributed by atoms with van der Waals surface area (Å²) < 4.78 is 31.7. The standard InChI is InChI=1S/C22H37ClO3S/c1-2-3-4-5-6-7-8-9-10-11-12-13-14-15-17-20-18-16-19-21(22(20)23)27(24,25)26/h16,18-19H,2-15,17H2,1H3,(H,24,25,26). The second kappa shape index (κ2) is 14.4. The zero-order valence-electron chi connectivity index (χ0n) is 16.9. The van der Waals surface area contributed by atoms with Gasteiger partial charge in [-0.2, -0.15) is 8.42 Å². The van der Waals surface area contributed by atoms with E-state index in [9.17, 15) is 13.0 Å². The molecular formula is C22H37ClO3S. The predicted octanol–water partition coefficient (Wildman–Crippen LogP) is 7.61. The lowest BCUT2D eigenvalue weighted by Gasteiger charge is -2.08. The molecule has 0 atom stereocenters. The van der Waals surface area contributed by atoms with Crippen molar-refractivity contribution in [1.29, 1.82) is 0 Å². The van der Waals surface area contributed by atoms with Crippen LogP contribution in [0.1, 0.15) is 102 Å². The smallest absolute Gasteiger partial charge is 0.282 e. The lowest BCUT2D eigenvalue weighted by Crippen LogP contribution is -2.01. The van der Waals surface area contributed by atoms with Crippen molar-refractivity contribution in [2.75, 3.05) is 0 Å². The highest BCUT2D eigenvalue weighted by molar-refractivity contribution is 7.86. The average Bonchev–Trinajstić information content (AvgIpc) is 2.62. The third-order valence-corrected chi connectivity index (χ3v) is 6.58. The maximum Gasteiger partial charge on any atom is 0.296 e. The van der Waals surface area contributed by atoms with Crippen molar-refractivity contribution in [2.24, 2.45) is 0 Å². The van der Waals surface area contributed by atoms with Crippen molar-refractivity contribution in [3.63, 3.8) is 0 Å². The Morgan fingerprint density at radius 1 is 0.778 bits per heavy atom. The molecule has 1 rings (SSSR count). The number of hydrogen-bond donors (Lipinski definition) is 1. The number of unbranched alkanes of at least 4 members (excludes halogenated alkanes) is 13. The van der Waals surface area contributed by atoms with Crippen molar-refractivity contribution >= 4 is 21.7 Å². The van der Waals surface area contributed by atoms with Crippen LogP contribution in [0.4, 0.5) is 0 Å². The minimum absolute atomic E-state index is 0.162. The lowest BCUT2D eigenvalue weighted by atomic mass is 10.0. The Morgan fingerprint density at radius 2 is 1.22 bits per heavy atom. The molecule has 0 radical (unpaired) electrons. The first-order chi connectivity index (χ1) is 13.0. The van der Waals surface area contributed by atoms with E-state index in [1.54, 1.807) is 6.07 Å². The number of aryl methyl sites for hydroxylation is 1. The summed E-state index contributed by atoms with van der Waals surface area (Å²) >= 11 is 6.11. The van der Waals surface area contributed by atoms with E-state index in [0.717, 1.165) is 24.8 Å². The molecule has 1 N–H and O–H groups in total. The van der Waals surface area contributed by atoms with E-state index < -0.39 is 10.1 Å². The van der Waals surface area contributed by atoms with Crippen LogP contribution in [0.3, 0.4) is 0 Å². The number of rotatable bonds is 16. The third-order valence-electron chi connectivity index (χ3n) is 5.12. The fourth-order valence-corrected chi connectivity index (χ4v) is 4.58. The van der Waals surface area contributed by atoms with Gasteiger partial charge in [0.15, 0.2) is 0 Å².